The monoisotopic (exact) mass is 372 g/mol. The van der Waals surface area contributed by atoms with E-state index < -0.39 is 5.79 Å². The van der Waals surface area contributed by atoms with Crippen LogP contribution in [0.5, 0.6) is 0 Å². The lowest BCUT2D eigenvalue weighted by atomic mass is 10.0. The highest BCUT2D eigenvalue weighted by molar-refractivity contribution is 6.00. The molecule has 1 aliphatic carbocycles. The van der Waals surface area contributed by atoms with Crippen LogP contribution in [0.4, 0.5) is 5.69 Å². The largest absolute Gasteiger partial charge is 0.347 e. The van der Waals surface area contributed by atoms with Gasteiger partial charge in [-0.25, -0.2) is 0 Å². The van der Waals surface area contributed by atoms with Gasteiger partial charge in [-0.05, 0) is 37.6 Å². The van der Waals surface area contributed by atoms with Crippen LogP contribution < -0.4 is 5.32 Å². The number of anilines is 1. The first kappa shape index (κ1) is 18.1. The van der Waals surface area contributed by atoms with E-state index in [0.29, 0.717) is 56.8 Å². The fourth-order valence-corrected chi connectivity index (χ4v) is 3.87. The van der Waals surface area contributed by atoms with Crippen molar-refractivity contribution < 1.29 is 23.9 Å². The standard InChI is InChI=1S/C20H24N2O5/c1-13(23)14-2-4-15(5-3-14)21-18(24)16-12-17(16)19(25)22-8-6-20(7-9-22)26-10-11-27-20/h2-5,16-17H,6-12H2,1H3,(H,21,24). The van der Waals surface area contributed by atoms with Gasteiger partial charge in [-0.3, -0.25) is 14.4 Å². The van der Waals surface area contributed by atoms with E-state index in [1.54, 1.807) is 24.3 Å². The second kappa shape index (κ2) is 7.05. The maximum Gasteiger partial charge on any atom is 0.228 e. The van der Waals surface area contributed by atoms with Crippen LogP contribution in [0, 0.1) is 11.8 Å². The quantitative estimate of drug-likeness (QED) is 0.815. The van der Waals surface area contributed by atoms with Gasteiger partial charge in [0.15, 0.2) is 11.6 Å². The summed E-state index contributed by atoms with van der Waals surface area (Å²) in [6.07, 6.45) is 1.96. The highest BCUT2D eigenvalue weighted by atomic mass is 16.7. The maximum absolute atomic E-state index is 12.7. The van der Waals surface area contributed by atoms with Gasteiger partial charge in [0.1, 0.15) is 0 Å². The predicted molar refractivity (Wildman–Crippen MR) is 97.1 cm³/mol. The molecule has 2 saturated heterocycles. The average molecular weight is 372 g/mol. The summed E-state index contributed by atoms with van der Waals surface area (Å²) in [5, 5.41) is 2.84. The summed E-state index contributed by atoms with van der Waals surface area (Å²) in [6.45, 7) is 3.95. The smallest absolute Gasteiger partial charge is 0.228 e. The van der Waals surface area contributed by atoms with Gasteiger partial charge in [0.25, 0.3) is 0 Å². The lowest BCUT2D eigenvalue weighted by Gasteiger charge is -2.37. The third-order valence-corrected chi connectivity index (χ3v) is 5.65. The molecular weight excluding hydrogens is 348 g/mol. The number of carbonyl (C=O) groups excluding carboxylic acids is 3. The molecule has 2 atom stereocenters. The Balaban J connectivity index is 1.28. The van der Waals surface area contributed by atoms with E-state index in [2.05, 4.69) is 5.32 Å². The fourth-order valence-electron chi connectivity index (χ4n) is 3.87. The van der Waals surface area contributed by atoms with E-state index >= 15 is 0 Å². The molecule has 144 valence electrons. The van der Waals surface area contributed by atoms with Crippen molar-refractivity contribution in [3.8, 4) is 0 Å². The number of likely N-dealkylation sites (tertiary alicyclic amines) is 1. The number of hydrogen-bond acceptors (Lipinski definition) is 5. The zero-order valence-electron chi connectivity index (χ0n) is 15.4. The summed E-state index contributed by atoms with van der Waals surface area (Å²) >= 11 is 0. The Morgan fingerprint density at radius 3 is 2.26 bits per heavy atom. The molecule has 0 radical (unpaired) electrons. The van der Waals surface area contributed by atoms with Crippen molar-refractivity contribution in [3.63, 3.8) is 0 Å². The summed E-state index contributed by atoms with van der Waals surface area (Å²) < 4.78 is 11.4. The number of amides is 2. The molecule has 1 N–H and O–H groups in total. The first-order chi connectivity index (χ1) is 13.0. The molecular formula is C20H24N2O5. The number of ether oxygens (including phenoxy) is 2. The minimum absolute atomic E-state index is 0.0163. The Kier molecular flexibility index (Phi) is 4.74. The summed E-state index contributed by atoms with van der Waals surface area (Å²) in [5.74, 6) is -1.11. The minimum Gasteiger partial charge on any atom is -0.347 e. The molecule has 2 amide bonds. The van der Waals surface area contributed by atoms with E-state index in [0.717, 1.165) is 0 Å². The van der Waals surface area contributed by atoms with Crippen molar-refractivity contribution in [2.24, 2.45) is 11.8 Å². The molecule has 7 heteroatoms. The Morgan fingerprint density at radius 2 is 1.67 bits per heavy atom. The van der Waals surface area contributed by atoms with E-state index in [9.17, 15) is 14.4 Å². The number of carbonyl (C=O) groups is 3. The molecule has 3 fully saturated rings. The van der Waals surface area contributed by atoms with Crippen molar-refractivity contribution >= 4 is 23.3 Å². The number of Topliss-reactive ketones (excluding diaryl/α,β-unsaturated/α-hetero) is 1. The van der Waals surface area contributed by atoms with Gasteiger partial charge in [0.05, 0.1) is 25.0 Å². The predicted octanol–water partition coefficient (Wildman–Crippen LogP) is 1.83. The van der Waals surface area contributed by atoms with Crippen LogP contribution >= 0.6 is 0 Å². The molecule has 1 spiro atoms. The van der Waals surface area contributed by atoms with Gasteiger partial charge >= 0.3 is 0 Å². The molecule has 0 aromatic heterocycles. The number of ketones is 1. The average Bonchev–Trinajstić information content (AvgIpc) is 3.36. The molecule has 1 aromatic carbocycles. The van der Waals surface area contributed by atoms with Crippen LogP contribution in [0.3, 0.4) is 0 Å². The van der Waals surface area contributed by atoms with E-state index in [1.165, 1.54) is 6.92 Å². The van der Waals surface area contributed by atoms with Gasteiger partial charge in [-0.15, -0.1) is 0 Å². The van der Waals surface area contributed by atoms with Crippen LogP contribution in [-0.4, -0.2) is 54.6 Å². The van der Waals surface area contributed by atoms with Gasteiger partial charge < -0.3 is 19.7 Å². The SMILES string of the molecule is CC(=O)c1ccc(NC(=O)C2CC2C(=O)N2CCC3(CC2)OCCO3)cc1. The van der Waals surface area contributed by atoms with Crippen LogP contribution in [0.25, 0.3) is 0 Å². The van der Waals surface area contributed by atoms with Crippen molar-refractivity contribution in [3.05, 3.63) is 29.8 Å². The molecule has 27 heavy (non-hydrogen) atoms. The molecule has 1 aromatic rings. The molecule has 7 nitrogen and oxygen atoms in total. The van der Waals surface area contributed by atoms with Gasteiger partial charge in [-0.1, -0.05) is 0 Å². The van der Waals surface area contributed by atoms with Gasteiger partial charge in [0.2, 0.25) is 11.8 Å². The van der Waals surface area contributed by atoms with E-state index in [4.69, 9.17) is 9.47 Å². The number of nitrogens with one attached hydrogen (secondary N) is 1. The third-order valence-electron chi connectivity index (χ3n) is 5.65. The molecule has 0 bridgehead atoms. The van der Waals surface area contributed by atoms with Crippen LogP contribution in [-0.2, 0) is 19.1 Å². The summed E-state index contributed by atoms with van der Waals surface area (Å²) in [5.41, 5.74) is 1.24. The van der Waals surface area contributed by atoms with E-state index in [1.807, 2.05) is 4.90 Å². The van der Waals surface area contributed by atoms with Crippen LogP contribution in [0.1, 0.15) is 36.5 Å². The lowest BCUT2D eigenvalue weighted by Crippen LogP contribution is -2.48. The van der Waals surface area contributed by atoms with Gasteiger partial charge in [0, 0.05) is 37.2 Å². The highest BCUT2D eigenvalue weighted by Crippen LogP contribution is 2.42. The number of hydrogen-bond donors (Lipinski definition) is 1. The zero-order valence-corrected chi connectivity index (χ0v) is 15.4. The Bertz CT molecular complexity index is 744. The Labute approximate surface area is 158 Å². The molecule has 2 heterocycles. The zero-order chi connectivity index (χ0) is 19.0. The molecule has 4 rings (SSSR count). The summed E-state index contributed by atoms with van der Waals surface area (Å²) in [7, 11) is 0. The van der Waals surface area contributed by atoms with Crippen molar-refractivity contribution in [2.45, 2.75) is 32.0 Å². The van der Waals surface area contributed by atoms with E-state index in [-0.39, 0.29) is 29.4 Å². The van der Waals surface area contributed by atoms with Crippen LogP contribution in [0.2, 0.25) is 0 Å². The first-order valence-corrected chi connectivity index (χ1v) is 9.46. The molecule has 2 aliphatic heterocycles. The first-order valence-electron chi connectivity index (χ1n) is 9.46. The number of benzene rings is 1. The summed E-state index contributed by atoms with van der Waals surface area (Å²) in [6, 6.07) is 6.79. The maximum atomic E-state index is 12.7. The topological polar surface area (TPSA) is 84.9 Å². The Hall–Kier alpha value is -2.25. The molecule has 1 saturated carbocycles. The number of rotatable bonds is 4. The second-order valence-electron chi connectivity index (χ2n) is 7.50. The number of piperidine rings is 1. The van der Waals surface area contributed by atoms with Crippen molar-refractivity contribution in [1.82, 2.24) is 4.90 Å². The van der Waals surface area contributed by atoms with Crippen LogP contribution in [0.15, 0.2) is 24.3 Å². The normalized spacial score (nSPS) is 26.0. The molecule has 2 unspecified atom stereocenters. The summed E-state index contributed by atoms with van der Waals surface area (Å²) in [4.78, 5) is 38.2. The number of nitrogens with zero attached hydrogens (tertiary/aromatic N) is 1. The lowest BCUT2D eigenvalue weighted by molar-refractivity contribution is -0.187. The second-order valence-corrected chi connectivity index (χ2v) is 7.50. The highest BCUT2D eigenvalue weighted by Gasteiger charge is 2.51. The third kappa shape index (κ3) is 3.75. The van der Waals surface area contributed by atoms with Crippen molar-refractivity contribution in [2.75, 3.05) is 31.6 Å². The van der Waals surface area contributed by atoms with Gasteiger partial charge in [-0.2, -0.15) is 0 Å². The Morgan fingerprint density at radius 1 is 1.04 bits per heavy atom. The molecule has 3 aliphatic rings. The minimum atomic E-state index is -0.497. The fraction of sp³-hybridized carbons (Fsp3) is 0.550. The van der Waals surface area contributed by atoms with Crippen molar-refractivity contribution in [1.29, 1.82) is 0 Å².